The maximum Gasteiger partial charge on any atom is 0.418 e. The molecule has 3 unspecified atom stereocenters. The number of anilines is 1. The number of nitrogens with zero attached hydrogens (tertiary/aromatic N) is 3. The first-order chi connectivity index (χ1) is 13.1. The van der Waals surface area contributed by atoms with Crippen molar-refractivity contribution in [2.45, 2.75) is 43.6 Å². The molecule has 2 aliphatic rings. The zero-order chi connectivity index (χ0) is 20.2. The van der Waals surface area contributed by atoms with Crippen LogP contribution in [0.1, 0.15) is 30.9 Å². The lowest BCUT2D eigenvalue weighted by molar-refractivity contribution is -0.206. The van der Waals surface area contributed by atoms with Crippen molar-refractivity contribution in [2.24, 2.45) is 0 Å². The van der Waals surface area contributed by atoms with Gasteiger partial charge in [-0.25, -0.2) is 4.79 Å². The van der Waals surface area contributed by atoms with Gasteiger partial charge < -0.3 is 19.5 Å². The van der Waals surface area contributed by atoms with Crippen molar-refractivity contribution in [2.75, 3.05) is 18.0 Å². The lowest BCUT2D eigenvalue weighted by Gasteiger charge is -2.48. The van der Waals surface area contributed by atoms with Crippen molar-refractivity contribution in [3.63, 3.8) is 0 Å². The maximum atomic E-state index is 12.8. The predicted molar refractivity (Wildman–Crippen MR) is 96.2 cm³/mol. The Morgan fingerprint density at radius 3 is 2.50 bits per heavy atom. The molecule has 7 nitrogen and oxygen atoms in total. The van der Waals surface area contributed by atoms with Crippen molar-refractivity contribution in [1.82, 2.24) is 9.88 Å². The van der Waals surface area contributed by atoms with E-state index in [2.05, 4.69) is 20.9 Å². The predicted octanol–water partition coefficient (Wildman–Crippen LogP) is 3.91. The van der Waals surface area contributed by atoms with Crippen LogP contribution < -0.4 is 4.90 Å². The summed E-state index contributed by atoms with van der Waals surface area (Å²) in [6.45, 7) is 0.816. The lowest BCUT2D eigenvalue weighted by atomic mass is 9.92. The Labute approximate surface area is 165 Å². The van der Waals surface area contributed by atoms with Gasteiger partial charge >= 0.3 is 12.3 Å². The molecule has 2 aromatic rings. The molecule has 1 aromatic heterocycles. The summed E-state index contributed by atoms with van der Waals surface area (Å²) < 4.78 is 44.5. The minimum Gasteiger partial charge on any atom is -0.465 e. The van der Waals surface area contributed by atoms with Gasteiger partial charge in [-0.05, 0) is 52.9 Å². The molecule has 0 aliphatic carbocycles. The number of halogens is 4. The number of amides is 1. The van der Waals surface area contributed by atoms with Crippen LogP contribution in [-0.2, 0) is 0 Å². The number of hydrogen-bond donors (Lipinski definition) is 2. The van der Waals surface area contributed by atoms with Gasteiger partial charge in [0.05, 0.1) is 16.6 Å². The fourth-order valence-electron chi connectivity index (χ4n) is 4.06. The summed E-state index contributed by atoms with van der Waals surface area (Å²) in [6.07, 6.45) is -5.92. The molecule has 2 fully saturated rings. The van der Waals surface area contributed by atoms with Crippen LogP contribution in [0.25, 0.3) is 11.1 Å². The smallest absolute Gasteiger partial charge is 0.418 e. The highest BCUT2D eigenvalue weighted by Gasteiger charge is 2.42. The van der Waals surface area contributed by atoms with Gasteiger partial charge in [-0.1, -0.05) is 0 Å². The van der Waals surface area contributed by atoms with E-state index in [0.29, 0.717) is 13.1 Å². The van der Waals surface area contributed by atoms with E-state index in [1.54, 1.807) is 0 Å². The van der Waals surface area contributed by atoms with E-state index in [1.807, 2.05) is 4.90 Å². The first kappa shape index (κ1) is 19.3. The molecule has 3 heterocycles. The Kier molecular flexibility index (Phi) is 4.69. The fraction of sp³-hybridized carbons (Fsp3) is 0.529. The third-order valence-corrected chi connectivity index (χ3v) is 5.89. The van der Waals surface area contributed by atoms with Crippen LogP contribution in [-0.4, -0.2) is 57.5 Å². The summed E-state index contributed by atoms with van der Waals surface area (Å²) in [7, 11) is 0. The molecule has 28 heavy (non-hydrogen) atoms. The summed E-state index contributed by atoms with van der Waals surface area (Å²) in [5, 5.41) is 19.0. The first-order valence-electron chi connectivity index (χ1n) is 8.76. The number of hydrogen-bond acceptors (Lipinski definition) is 5. The molecule has 4 rings (SSSR count). The number of fused-ring (bicyclic) bond motifs is 3. The maximum absolute atomic E-state index is 12.8. The van der Waals surface area contributed by atoms with E-state index >= 15 is 0 Å². The van der Waals surface area contributed by atoms with Gasteiger partial charge in [-0.3, -0.25) is 4.90 Å². The number of carbonyl (C=O) groups is 1. The van der Waals surface area contributed by atoms with Crippen LogP contribution in [0.5, 0.6) is 0 Å². The monoisotopic (exact) mass is 463 g/mol. The minimum atomic E-state index is -4.79. The molecule has 152 valence electrons. The molecular formula is C17H17BrF3N3O4. The second-order valence-electron chi connectivity index (χ2n) is 7.12. The van der Waals surface area contributed by atoms with Gasteiger partial charge in [0.2, 0.25) is 0 Å². The number of piperidine rings is 1. The van der Waals surface area contributed by atoms with E-state index in [-0.39, 0.29) is 39.2 Å². The molecule has 0 spiro atoms. The average Bonchev–Trinajstić information content (AvgIpc) is 3.03. The molecule has 0 saturated carbocycles. The van der Waals surface area contributed by atoms with Crippen molar-refractivity contribution < 1.29 is 32.6 Å². The fourth-order valence-corrected chi connectivity index (χ4v) is 4.61. The third-order valence-electron chi connectivity index (χ3n) is 5.30. The highest BCUT2D eigenvalue weighted by molar-refractivity contribution is 9.10. The van der Waals surface area contributed by atoms with E-state index in [0.717, 1.165) is 31.4 Å². The number of piperazine rings is 1. The van der Waals surface area contributed by atoms with Crippen LogP contribution in [0.4, 0.5) is 24.0 Å². The largest absolute Gasteiger partial charge is 0.465 e. The SMILES string of the molecule is O=C(O)N1C2CCCC1CN(c1nc3cc(C(O)C(F)(F)F)cc(Br)c3o1)C2. The zero-order valence-electron chi connectivity index (χ0n) is 14.5. The highest BCUT2D eigenvalue weighted by Crippen LogP contribution is 2.38. The Morgan fingerprint density at radius 2 is 1.93 bits per heavy atom. The second kappa shape index (κ2) is 6.80. The van der Waals surface area contributed by atoms with Gasteiger partial charge in [-0.15, -0.1) is 0 Å². The van der Waals surface area contributed by atoms with Crippen molar-refractivity contribution >= 4 is 39.1 Å². The quantitative estimate of drug-likeness (QED) is 0.701. The molecule has 11 heteroatoms. The average molecular weight is 464 g/mol. The molecule has 0 radical (unpaired) electrons. The Balaban J connectivity index is 1.65. The molecule has 2 N–H and O–H groups in total. The number of rotatable bonds is 2. The van der Waals surface area contributed by atoms with Crippen LogP contribution in [0, 0.1) is 0 Å². The summed E-state index contributed by atoms with van der Waals surface area (Å²) in [5.74, 6) is 0. The zero-order valence-corrected chi connectivity index (χ0v) is 16.1. The van der Waals surface area contributed by atoms with E-state index < -0.39 is 18.4 Å². The van der Waals surface area contributed by atoms with Crippen LogP contribution in [0.2, 0.25) is 0 Å². The molecule has 3 atom stereocenters. The number of aliphatic hydroxyl groups is 1. The van der Waals surface area contributed by atoms with E-state index in [4.69, 9.17) is 4.42 Å². The van der Waals surface area contributed by atoms with Crippen molar-refractivity contribution in [3.8, 4) is 0 Å². The van der Waals surface area contributed by atoms with Crippen LogP contribution >= 0.6 is 15.9 Å². The summed E-state index contributed by atoms with van der Waals surface area (Å²) in [5.41, 5.74) is 0.131. The number of aliphatic hydroxyl groups excluding tert-OH is 1. The van der Waals surface area contributed by atoms with Crippen LogP contribution in [0.15, 0.2) is 21.0 Å². The number of oxazole rings is 1. The van der Waals surface area contributed by atoms with Crippen molar-refractivity contribution in [3.05, 3.63) is 22.2 Å². The molecule has 2 bridgehead atoms. The van der Waals surface area contributed by atoms with Gasteiger partial charge in [0.25, 0.3) is 6.01 Å². The van der Waals surface area contributed by atoms with Crippen molar-refractivity contribution in [1.29, 1.82) is 0 Å². The second-order valence-corrected chi connectivity index (χ2v) is 7.98. The topological polar surface area (TPSA) is 90.0 Å². The van der Waals surface area contributed by atoms with Gasteiger partial charge in [0.15, 0.2) is 11.7 Å². The number of benzene rings is 1. The number of carboxylic acid groups (broad SMARTS) is 1. The first-order valence-corrected chi connectivity index (χ1v) is 9.55. The van der Waals surface area contributed by atoms with Crippen LogP contribution in [0.3, 0.4) is 0 Å². The highest BCUT2D eigenvalue weighted by atomic mass is 79.9. The molecule has 1 amide bonds. The normalized spacial score (nSPS) is 23.9. The van der Waals surface area contributed by atoms with Gasteiger partial charge in [-0.2, -0.15) is 18.2 Å². The minimum absolute atomic E-state index is 0.175. The van der Waals surface area contributed by atoms with Gasteiger partial charge in [0, 0.05) is 13.1 Å². The Bertz CT molecular complexity index is 905. The Hall–Kier alpha value is -2.01. The lowest BCUT2D eigenvalue weighted by Crippen LogP contribution is -2.62. The molecule has 2 aliphatic heterocycles. The summed E-state index contributed by atoms with van der Waals surface area (Å²) in [6, 6.07) is 2.19. The van der Waals surface area contributed by atoms with Gasteiger partial charge in [0.1, 0.15) is 5.52 Å². The molecule has 2 saturated heterocycles. The molecular weight excluding hydrogens is 447 g/mol. The summed E-state index contributed by atoms with van der Waals surface area (Å²) >= 11 is 3.18. The van der Waals surface area contributed by atoms with E-state index in [1.165, 1.54) is 4.90 Å². The standard InChI is InChI=1S/C17H17BrF3N3O4/c18-11-4-8(14(25)17(19,20)21)5-12-13(11)28-15(22-12)23-6-9-2-1-3-10(7-23)24(9)16(26)27/h4-5,9-10,14,25H,1-3,6-7H2,(H,26,27). The molecule has 1 aromatic carbocycles. The number of alkyl halides is 3. The van der Waals surface area contributed by atoms with E-state index in [9.17, 15) is 28.2 Å². The third kappa shape index (κ3) is 3.30. The Morgan fingerprint density at radius 1 is 1.29 bits per heavy atom. The summed E-state index contributed by atoms with van der Waals surface area (Å²) in [4.78, 5) is 19.1. The number of aromatic nitrogens is 1.